The second-order valence-electron chi connectivity index (χ2n) is 10.2. The van der Waals surface area contributed by atoms with Crippen LogP contribution in [0.5, 0.6) is 0 Å². The molecule has 216 valence electrons. The Kier molecular flexibility index (Phi) is 8.24. The van der Waals surface area contributed by atoms with Crippen LogP contribution >= 0.6 is 0 Å². The van der Waals surface area contributed by atoms with E-state index in [0.29, 0.717) is 73.9 Å². The van der Waals surface area contributed by atoms with Gasteiger partial charge < -0.3 is 14.2 Å². The highest BCUT2D eigenvalue weighted by molar-refractivity contribution is 6.07. The zero-order valence-corrected chi connectivity index (χ0v) is 23.4. The molecule has 1 saturated heterocycles. The normalized spacial score (nSPS) is 16.3. The molecule has 13 heteroatoms. The number of pyridine rings is 1. The van der Waals surface area contributed by atoms with Crippen molar-refractivity contribution in [1.29, 1.82) is 0 Å². The summed E-state index contributed by atoms with van der Waals surface area (Å²) in [4.78, 5) is 64.2. The maximum atomic E-state index is 13.3. The minimum atomic E-state index is -0.419. The number of carbonyl (C=O) groups excluding carboxylic acids is 2. The quantitative estimate of drug-likeness (QED) is 0.321. The minimum absolute atomic E-state index is 0.0304. The zero-order valence-electron chi connectivity index (χ0n) is 23.4. The number of carbonyl (C=O) groups is 2. The van der Waals surface area contributed by atoms with Gasteiger partial charge in [0.05, 0.1) is 17.5 Å². The van der Waals surface area contributed by atoms with Crippen LogP contribution in [-0.4, -0.2) is 75.1 Å². The van der Waals surface area contributed by atoms with E-state index in [1.54, 1.807) is 42.0 Å². The number of amides is 2. The lowest BCUT2D eigenvalue weighted by atomic mass is 10.1. The number of likely N-dealkylation sites (tertiary alicyclic amines) is 1. The molecule has 0 bridgehead atoms. The summed E-state index contributed by atoms with van der Waals surface area (Å²) in [6.45, 7) is 3.35. The molecule has 1 atom stereocenters. The summed E-state index contributed by atoms with van der Waals surface area (Å²) in [7, 11) is 3.33. The molecule has 2 amide bonds. The third kappa shape index (κ3) is 5.49. The molecule has 0 spiro atoms. The number of aliphatic imine (C=N–C) groups is 1. The molecule has 0 aliphatic carbocycles. The molecule has 2 aliphatic heterocycles. The molecule has 3 aromatic rings. The summed E-state index contributed by atoms with van der Waals surface area (Å²) >= 11 is 0. The monoisotopic (exact) mass is 563 g/mol. The Labute approximate surface area is 236 Å². The maximum Gasteiger partial charge on any atom is 0.332 e. The van der Waals surface area contributed by atoms with Crippen molar-refractivity contribution in [3.05, 3.63) is 68.3 Å². The molecule has 0 radical (unpaired) electrons. The summed E-state index contributed by atoms with van der Waals surface area (Å²) in [6, 6.07) is 4.81. The van der Waals surface area contributed by atoms with Crippen LogP contribution in [-0.2, 0) is 29.0 Å². The van der Waals surface area contributed by atoms with Gasteiger partial charge in [-0.25, -0.2) is 14.8 Å². The van der Waals surface area contributed by atoms with Crippen LogP contribution in [0, 0.1) is 0 Å². The van der Waals surface area contributed by atoms with Crippen molar-refractivity contribution in [2.24, 2.45) is 4.99 Å². The fourth-order valence-electron chi connectivity index (χ4n) is 5.26. The first kappa shape index (κ1) is 28.1. The summed E-state index contributed by atoms with van der Waals surface area (Å²) in [6.07, 6.45) is 5.57. The predicted octanol–water partition coefficient (Wildman–Crippen LogP) is 1.78. The average Bonchev–Trinajstić information content (AvgIpc) is 3.74. The van der Waals surface area contributed by atoms with Crippen molar-refractivity contribution in [1.82, 2.24) is 24.2 Å². The van der Waals surface area contributed by atoms with Gasteiger partial charge in [0.1, 0.15) is 11.6 Å². The standard InChI is InChI=1S/C28H33N7O6/c1-4-12-34-26(37)20-15-21(31-25(20)33(28(34)39)13-5-14-40-3)18-6-8-23(29-16-18)35(27(38)22-10-11-30-41-22)17-19-7-9-24(36)32(19)2/h6,8,10-11,16,19H,4-5,7,9,12-15,17H2,1-3H3. The van der Waals surface area contributed by atoms with Crippen LogP contribution in [0.3, 0.4) is 0 Å². The Bertz CT molecular complexity index is 1570. The van der Waals surface area contributed by atoms with Gasteiger partial charge in [0, 0.05) is 77.1 Å². The average molecular weight is 564 g/mol. The van der Waals surface area contributed by atoms with Crippen LogP contribution < -0.4 is 16.1 Å². The zero-order chi connectivity index (χ0) is 29.1. The SMILES string of the molecule is CCCn1c(=O)c2c(n(CCCOC)c1=O)N=C(c1ccc(N(CC3CCC(=O)N3C)C(=O)c3ccno3)nc1)C2. The van der Waals surface area contributed by atoms with Crippen LogP contribution in [0.2, 0.25) is 0 Å². The van der Waals surface area contributed by atoms with E-state index in [1.807, 2.05) is 6.92 Å². The van der Waals surface area contributed by atoms with Crippen LogP contribution in [0.1, 0.15) is 54.3 Å². The van der Waals surface area contributed by atoms with E-state index in [-0.39, 0.29) is 41.9 Å². The first-order valence-electron chi connectivity index (χ1n) is 13.7. The van der Waals surface area contributed by atoms with Gasteiger partial charge in [-0.05, 0) is 31.4 Å². The molecular weight excluding hydrogens is 530 g/mol. The first-order chi connectivity index (χ1) is 19.8. The number of hydrogen-bond acceptors (Lipinski definition) is 9. The molecule has 2 aliphatic rings. The number of hydrogen-bond donors (Lipinski definition) is 0. The Morgan fingerprint density at radius 1 is 1.17 bits per heavy atom. The van der Waals surface area contributed by atoms with E-state index in [9.17, 15) is 19.2 Å². The molecule has 0 saturated carbocycles. The van der Waals surface area contributed by atoms with Crippen molar-refractivity contribution in [3.8, 4) is 0 Å². The van der Waals surface area contributed by atoms with Gasteiger partial charge in [-0.1, -0.05) is 12.1 Å². The molecule has 1 fully saturated rings. The minimum Gasteiger partial charge on any atom is -0.385 e. The van der Waals surface area contributed by atoms with Gasteiger partial charge in [0.25, 0.3) is 11.5 Å². The highest BCUT2D eigenvalue weighted by Gasteiger charge is 2.33. The number of methoxy groups -OCH3 is 1. The molecule has 1 unspecified atom stereocenters. The molecule has 3 aromatic heterocycles. The number of ether oxygens (including phenoxy) is 1. The predicted molar refractivity (Wildman–Crippen MR) is 150 cm³/mol. The molecule has 0 N–H and O–H groups in total. The molecular formula is C28H33N7O6. The largest absolute Gasteiger partial charge is 0.385 e. The fourth-order valence-corrected chi connectivity index (χ4v) is 5.26. The Morgan fingerprint density at radius 2 is 2.00 bits per heavy atom. The van der Waals surface area contributed by atoms with E-state index < -0.39 is 5.91 Å². The van der Waals surface area contributed by atoms with Crippen molar-refractivity contribution in [3.63, 3.8) is 0 Å². The van der Waals surface area contributed by atoms with Gasteiger partial charge in [-0.15, -0.1) is 0 Å². The first-order valence-corrected chi connectivity index (χ1v) is 13.7. The van der Waals surface area contributed by atoms with Crippen molar-refractivity contribution < 1.29 is 18.8 Å². The van der Waals surface area contributed by atoms with Gasteiger partial charge in [-0.2, -0.15) is 0 Å². The number of aromatic nitrogens is 4. The second-order valence-corrected chi connectivity index (χ2v) is 10.2. The molecule has 5 heterocycles. The van der Waals surface area contributed by atoms with E-state index in [0.717, 1.165) is 0 Å². The highest BCUT2D eigenvalue weighted by atomic mass is 16.5. The number of likely N-dealkylation sites (N-methyl/N-ethyl adjacent to an activating group) is 1. The fraction of sp³-hybridized carbons (Fsp3) is 0.464. The van der Waals surface area contributed by atoms with E-state index in [1.165, 1.54) is 21.7 Å². The van der Waals surface area contributed by atoms with Gasteiger partial charge in [0.2, 0.25) is 11.7 Å². The Balaban J connectivity index is 1.45. The van der Waals surface area contributed by atoms with E-state index in [4.69, 9.17) is 14.3 Å². The van der Waals surface area contributed by atoms with E-state index in [2.05, 4.69) is 10.1 Å². The molecule has 5 rings (SSSR count). The number of rotatable bonds is 11. The molecule has 41 heavy (non-hydrogen) atoms. The third-order valence-electron chi connectivity index (χ3n) is 7.53. The van der Waals surface area contributed by atoms with Crippen molar-refractivity contribution in [2.45, 2.75) is 58.2 Å². The summed E-state index contributed by atoms with van der Waals surface area (Å²) in [5, 5.41) is 3.64. The van der Waals surface area contributed by atoms with Crippen LogP contribution in [0.4, 0.5) is 11.6 Å². The lowest BCUT2D eigenvalue weighted by Gasteiger charge is -2.27. The third-order valence-corrected chi connectivity index (χ3v) is 7.53. The van der Waals surface area contributed by atoms with Crippen molar-refractivity contribution >= 4 is 29.2 Å². The summed E-state index contributed by atoms with van der Waals surface area (Å²) in [5.41, 5.74) is 1.06. The maximum absolute atomic E-state index is 13.3. The summed E-state index contributed by atoms with van der Waals surface area (Å²) < 4.78 is 13.1. The van der Waals surface area contributed by atoms with E-state index >= 15 is 0 Å². The van der Waals surface area contributed by atoms with Crippen LogP contribution in [0.25, 0.3) is 0 Å². The smallest absolute Gasteiger partial charge is 0.332 e. The lowest BCUT2D eigenvalue weighted by molar-refractivity contribution is -0.127. The molecule has 0 aromatic carbocycles. The number of anilines is 1. The lowest BCUT2D eigenvalue weighted by Crippen LogP contribution is -2.43. The van der Waals surface area contributed by atoms with Gasteiger partial charge in [0.15, 0.2) is 0 Å². The van der Waals surface area contributed by atoms with Crippen molar-refractivity contribution in [2.75, 3.05) is 32.2 Å². The van der Waals surface area contributed by atoms with Gasteiger partial charge >= 0.3 is 5.69 Å². The second kappa shape index (κ2) is 12.0. The highest BCUT2D eigenvalue weighted by Crippen LogP contribution is 2.27. The Hall–Kier alpha value is -4.39. The number of nitrogens with zero attached hydrogens (tertiary/aromatic N) is 7. The number of fused-ring (bicyclic) bond motifs is 1. The Morgan fingerprint density at radius 3 is 2.63 bits per heavy atom. The van der Waals surface area contributed by atoms with Gasteiger partial charge in [-0.3, -0.25) is 28.4 Å². The molecule has 13 nitrogen and oxygen atoms in total. The van der Waals surface area contributed by atoms with Crippen LogP contribution in [0.15, 0.2) is 49.7 Å². The summed E-state index contributed by atoms with van der Waals surface area (Å²) in [5.74, 6) is 0.424. The topological polar surface area (TPSA) is 145 Å².